The summed E-state index contributed by atoms with van der Waals surface area (Å²) in [6.07, 6.45) is 4.94. The first-order valence-corrected chi connectivity index (χ1v) is 9.29. The Labute approximate surface area is 149 Å². The summed E-state index contributed by atoms with van der Waals surface area (Å²) in [6.45, 7) is 8.59. The second kappa shape index (κ2) is 5.78. The second-order valence-corrected chi connectivity index (χ2v) is 8.48. The average Bonchev–Trinajstić information content (AvgIpc) is 3.03. The molecule has 6 nitrogen and oxygen atoms in total. The summed E-state index contributed by atoms with van der Waals surface area (Å²) in [5.41, 5.74) is 2.22. The number of hydrogen-bond acceptors (Lipinski definition) is 5. The van der Waals surface area contributed by atoms with Gasteiger partial charge in [-0.05, 0) is 46.1 Å². The van der Waals surface area contributed by atoms with Gasteiger partial charge in [0.05, 0.1) is 12.1 Å². The third kappa shape index (κ3) is 2.92. The van der Waals surface area contributed by atoms with Crippen LogP contribution in [0.15, 0.2) is 12.3 Å². The molecule has 2 bridgehead atoms. The number of aromatic nitrogens is 1. The van der Waals surface area contributed by atoms with Crippen LogP contribution in [0.2, 0.25) is 0 Å². The number of hydrogen-bond donors (Lipinski definition) is 0. The smallest absolute Gasteiger partial charge is 0.410 e. The maximum Gasteiger partial charge on any atom is 0.410 e. The number of rotatable bonds is 1. The third-order valence-electron chi connectivity index (χ3n) is 5.49. The SMILES string of the molecule is CN1CCc2c(N3CC4CCC(C3)N4C(=O)OC(C)(C)C)ccnc21. The number of carbonyl (C=O) groups is 1. The quantitative estimate of drug-likeness (QED) is 0.784. The molecule has 25 heavy (non-hydrogen) atoms. The monoisotopic (exact) mass is 344 g/mol. The first-order chi connectivity index (χ1) is 11.8. The van der Waals surface area contributed by atoms with Crippen molar-refractivity contribution in [1.29, 1.82) is 0 Å². The average molecular weight is 344 g/mol. The zero-order chi connectivity index (χ0) is 17.8. The van der Waals surface area contributed by atoms with Crippen LogP contribution in [0.1, 0.15) is 39.2 Å². The summed E-state index contributed by atoms with van der Waals surface area (Å²) >= 11 is 0. The Kier molecular flexibility index (Phi) is 3.81. The van der Waals surface area contributed by atoms with Crippen molar-refractivity contribution in [3.8, 4) is 0 Å². The molecule has 0 spiro atoms. The number of pyridine rings is 1. The minimum atomic E-state index is -0.440. The molecule has 1 amide bonds. The zero-order valence-electron chi connectivity index (χ0n) is 15.7. The highest BCUT2D eigenvalue weighted by Crippen LogP contribution is 2.38. The molecule has 2 saturated heterocycles. The summed E-state index contributed by atoms with van der Waals surface area (Å²) in [4.78, 5) is 23.8. The fourth-order valence-electron chi connectivity index (χ4n) is 4.43. The molecule has 1 aromatic rings. The molecule has 0 N–H and O–H groups in total. The van der Waals surface area contributed by atoms with Gasteiger partial charge in [0.2, 0.25) is 0 Å². The van der Waals surface area contributed by atoms with Gasteiger partial charge in [-0.15, -0.1) is 0 Å². The molecule has 0 aromatic carbocycles. The third-order valence-corrected chi connectivity index (χ3v) is 5.49. The Morgan fingerprint density at radius 1 is 1.24 bits per heavy atom. The number of fused-ring (bicyclic) bond motifs is 3. The van der Waals surface area contributed by atoms with Gasteiger partial charge < -0.3 is 14.5 Å². The highest BCUT2D eigenvalue weighted by molar-refractivity contribution is 5.71. The lowest BCUT2D eigenvalue weighted by Gasteiger charge is -2.42. The van der Waals surface area contributed by atoms with Crippen LogP contribution in [0.5, 0.6) is 0 Å². The van der Waals surface area contributed by atoms with Crippen LogP contribution in [0.4, 0.5) is 16.3 Å². The molecule has 2 unspecified atom stereocenters. The van der Waals surface area contributed by atoms with E-state index in [2.05, 4.69) is 27.9 Å². The molecule has 136 valence electrons. The van der Waals surface area contributed by atoms with Crippen molar-refractivity contribution in [2.45, 2.75) is 57.7 Å². The fraction of sp³-hybridized carbons (Fsp3) is 0.684. The number of amides is 1. The molecule has 3 aliphatic heterocycles. The summed E-state index contributed by atoms with van der Waals surface area (Å²) < 4.78 is 5.64. The van der Waals surface area contributed by atoms with Gasteiger partial charge in [0.1, 0.15) is 11.4 Å². The number of nitrogens with zero attached hydrogens (tertiary/aromatic N) is 4. The van der Waals surface area contributed by atoms with E-state index in [0.29, 0.717) is 0 Å². The van der Waals surface area contributed by atoms with Gasteiger partial charge in [0.15, 0.2) is 0 Å². The minimum absolute atomic E-state index is 0.153. The molecule has 4 rings (SSSR count). The number of likely N-dealkylation sites (N-methyl/N-ethyl adjacent to an activating group) is 1. The molecule has 2 atom stereocenters. The van der Waals surface area contributed by atoms with E-state index in [1.807, 2.05) is 31.9 Å². The molecule has 4 heterocycles. The van der Waals surface area contributed by atoms with Crippen molar-refractivity contribution < 1.29 is 9.53 Å². The molecule has 3 aliphatic rings. The Bertz CT molecular complexity index is 670. The molecule has 0 radical (unpaired) electrons. The van der Waals surface area contributed by atoms with Gasteiger partial charge in [-0.3, -0.25) is 4.90 Å². The molecule has 0 aliphatic carbocycles. The van der Waals surface area contributed by atoms with Gasteiger partial charge in [-0.25, -0.2) is 9.78 Å². The predicted octanol–water partition coefficient (Wildman–Crippen LogP) is 2.66. The van der Waals surface area contributed by atoms with E-state index in [0.717, 1.165) is 44.7 Å². The van der Waals surface area contributed by atoms with Gasteiger partial charge in [0.25, 0.3) is 0 Å². The van der Waals surface area contributed by atoms with Crippen molar-refractivity contribution in [3.63, 3.8) is 0 Å². The van der Waals surface area contributed by atoms with E-state index in [9.17, 15) is 4.79 Å². The largest absolute Gasteiger partial charge is 0.444 e. The zero-order valence-corrected chi connectivity index (χ0v) is 15.7. The molecule has 2 fully saturated rings. The Morgan fingerprint density at radius 3 is 2.56 bits per heavy atom. The Morgan fingerprint density at radius 2 is 1.92 bits per heavy atom. The maximum absolute atomic E-state index is 12.6. The lowest BCUT2D eigenvalue weighted by molar-refractivity contribution is 0.0123. The van der Waals surface area contributed by atoms with E-state index in [1.165, 1.54) is 11.3 Å². The molecular formula is C19H28N4O2. The van der Waals surface area contributed by atoms with E-state index < -0.39 is 5.60 Å². The fourth-order valence-corrected chi connectivity index (χ4v) is 4.43. The van der Waals surface area contributed by atoms with Crippen LogP contribution in [-0.2, 0) is 11.2 Å². The van der Waals surface area contributed by atoms with Crippen LogP contribution >= 0.6 is 0 Å². The first-order valence-electron chi connectivity index (χ1n) is 9.29. The molecular weight excluding hydrogens is 316 g/mol. The first kappa shape index (κ1) is 16.5. The summed E-state index contributed by atoms with van der Waals surface area (Å²) in [5, 5.41) is 0. The lowest BCUT2D eigenvalue weighted by atomic mass is 10.1. The number of piperazine rings is 1. The molecule has 1 aromatic heterocycles. The maximum atomic E-state index is 12.6. The van der Waals surface area contributed by atoms with Gasteiger partial charge in [-0.2, -0.15) is 0 Å². The summed E-state index contributed by atoms with van der Waals surface area (Å²) in [6, 6.07) is 2.63. The van der Waals surface area contributed by atoms with Gasteiger partial charge in [-0.1, -0.05) is 0 Å². The Hall–Kier alpha value is -1.98. The second-order valence-electron chi connectivity index (χ2n) is 8.48. The topological polar surface area (TPSA) is 48.9 Å². The minimum Gasteiger partial charge on any atom is -0.444 e. The van der Waals surface area contributed by atoms with Crippen molar-refractivity contribution in [2.75, 3.05) is 36.5 Å². The predicted molar refractivity (Wildman–Crippen MR) is 98.3 cm³/mol. The van der Waals surface area contributed by atoms with E-state index in [-0.39, 0.29) is 18.2 Å². The highest BCUT2D eigenvalue weighted by atomic mass is 16.6. The van der Waals surface area contributed by atoms with Gasteiger partial charge >= 0.3 is 6.09 Å². The van der Waals surface area contributed by atoms with E-state index in [4.69, 9.17) is 4.74 Å². The molecule has 6 heteroatoms. The standard InChI is InChI=1S/C19H28N4O2/c1-19(2,3)25-18(24)23-13-5-6-14(23)12-22(11-13)16-7-9-20-17-15(16)8-10-21(17)4/h7,9,13-14H,5-6,8,10-12H2,1-4H3. The summed E-state index contributed by atoms with van der Waals surface area (Å²) in [7, 11) is 2.10. The van der Waals surface area contributed by atoms with Crippen LogP contribution in [0, 0.1) is 0 Å². The van der Waals surface area contributed by atoms with Crippen LogP contribution in [0.25, 0.3) is 0 Å². The van der Waals surface area contributed by atoms with Crippen molar-refractivity contribution in [1.82, 2.24) is 9.88 Å². The van der Waals surface area contributed by atoms with Crippen molar-refractivity contribution >= 4 is 17.6 Å². The number of anilines is 2. The van der Waals surface area contributed by atoms with Crippen molar-refractivity contribution in [3.05, 3.63) is 17.8 Å². The van der Waals surface area contributed by atoms with Crippen LogP contribution in [-0.4, -0.2) is 60.3 Å². The van der Waals surface area contributed by atoms with E-state index in [1.54, 1.807) is 0 Å². The van der Waals surface area contributed by atoms with Crippen LogP contribution in [0.3, 0.4) is 0 Å². The normalized spacial score (nSPS) is 25.4. The van der Waals surface area contributed by atoms with Gasteiger partial charge in [0, 0.05) is 44.1 Å². The number of ether oxygens (including phenoxy) is 1. The number of carbonyl (C=O) groups excluding carboxylic acids is 1. The molecule has 0 saturated carbocycles. The lowest BCUT2D eigenvalue weighted by Crippen LogP contribution is -2.57. The summed E-state index contributed by atoms with van der Waals surface area (Å²) in [5.74, 6) is 1.11. The van der Waals surface area contributed by atoms with Crippen molar-refractivity contribution in [2.24, 2.45) is 0 Å². The van der Waals surface area contributed by atoms with Crippen LogP contribution < -0.4 is 9.80 Å². The van der Waals surface area contributed by atoms with E-state index >= 15 is 0 Å². The Balaban J connectivity index is 1.54. The highest BCUT2D eigenvalue weighted by Gasteiger charge is 2.44.